The molecule has 1 amide bonds. The number of rotatable bonds is 6. The number of thiocarbonyl (C=S) groups is 1. The molecule has 3 heterocycles. The number of hydrogen-bond acceptors (Lipinski definition) is 7. The van der Waals surface area contributed by atoms with Gasteiger partial charge in [0.25, 0.3) is 11.5 Å². The van der Waals surface area contributed by atoms with Crippen molar-refractivity contribution in [2.45, 2.75) is 40.3 Å². The summed E-state index contributed by atoms with van der Waals surface area (Å²) in [7, 11) is 0. The van der Waals surface area contributed by atoms with Gasteiger partial charge in [0, 0.05) is 25.2 Å². The lowest BCUT2D eigenvalue weighted by atomic mass is 10.0. The van der Waals surface area contributed by atoms with Crippen LogP contribution in [0.15, 0.2) is 34.0 Å². The molecule has 2 aliphatic rings. The van der Waals surface area contributed by atoms with Crippen LogP contribution in [0.1, 0.15) is 41.2 Å². The number of thioether (sulfide) groups is 1. The first-order chi connectivity index (χ1) is 16.8. The molecule has 0 aliphatic carbocycles. The number of hydrogen-bond donors (Lipinski definition) is 0. The molecular formula is C26H28N4O3S2. The van der Waals surface area contributed by atoms with Crippen LogP contribution in [-0.2, 0) is 22.6 Å². The van der Waals surface area contributed by atoms with Crippen LogP contribution in [-0.4, -0.2) is 46.0 Å². The maximum absolute atomic E-state index is 13.4. The van der Waals surface area contributed by atoms with Crippen molar-refractivity contribution in [3.63, 3.8) is 0 Å². The van der Waals surface area contributed by atoms with Crippen molar-refractivity contribution < 1.29 is 9.53 Å². The minimum absolute atomic E-state index is 0.108. The average molecular weight is 509 g/mol. The molecule has 0 spiro atoms. The van der Waals surface area contributed by atoms with Crippen molar-refractivity contribution in [3.8, 4) is 6.07 Å². The lowest BCUT2D eigenvalue weighted by molar-refractivity contribution is -0.122. The number of anilines is 1. The van der Waals surface area contributed by atoms with Gasteiger partial charge in [0.15, 0.2) is 0 Å². The van der Waals surface area contributed by atoms with E-state index >= 15 is 0 Å². The molecule has 1 aromatic carbocycles. The Morgan fingerprint density at radius 3 is 2.49 bits per heavy atom. The molecule has 0 bridgehead atoms. The van der Waals surface area contributed by atoms with Crippen molar-refractivity contribution in [2.75, 3.05) is 31.2 Å². The molecule has 2 aromatic rings. The topological polar surface area (TPSA) is 78.6 Å². The third-order valence-corrected chi connectivity index (χ3v) is 7.59. The van der Waals surface area contributed by atoms with E-state index in [1.807, 2.05) is 38.1 Å². The van der Waals surface area contributed by atoms with Crippen molar-refractivity contribution in [3.05, 3.63) is 67.3 Å². The first-order valence-corrected chi connectivity index (χ1v) is 12.9. The van der Waals surface area contributed by atoms with Gasteiger partial charge in [-0.05, 0) is 37.5 Å². The smallest absolute Gasteiger partial charge is 0.270 e. The summed E-state index contributed by atoms with van der Waals surface area (Å²) in [4.78, 5) is 30.8. The van der Waals surface area contributed by atoms with Gasteiger partial charge in [-0.15, -0.1) is 0 Å². The van der Waals surface area contributed by atoms with Crippen LogP contribution < -0.4 is 10.5 Å². The molecule has 0 unspecified atom stereocenters. The average Bonchev–Trinajstić information content (AvgIpc) is 3.11. The zero-order valence-electron chi connectivity index (χ0n) is 20.2. The molecule has 0 saturated carbocycles. The van der Waals surface area contributed by atoms with Gasteiger partial charge in [0.1, 0.15) is 21.8 Å². The van der Waals surface area contributed by atoms with E-state index in [2.05, 4.69) is 11.0 Å². The number of ether oxygens (including phenoxy) is 1. The lowest BCUT2D eigenvalue weighted by Gasteiger charge is -2.33. The summed E-state index contributed by atoms with van der Waals surface area (Å²) in [5.74, 6) is 0.570. The summed E-state index contributed by atoms with van der Waals surface area (Å²) in [6.07, 6.45) is 2.55. The summed E-state index contributed by atoms with van der Waals surface area (Å²) in [6.45, 7) is 9.04. The van der Waals surface area contributed by atoms with Crippen LogP contribution in [0.25, 0.3) is 6.08 Å². The standard InChI is InChI=1S/C26H28N4O3S2/c1-4-9-29-23(28-10-12-33-13-11-28)20(18(3)21(15-27)24(29)31)14-22-25(32)30(26(34)35-22)16-19-7-5-17(2)6-8-19/h5-8,14H,4,9-13,16H2,1-3H3/b22-14+. The minimum atomic E-state index is -0.294. The fourth-order valence-electron chi connectivity index (χ4n) is 4.33. The zero-order valence-corrected chi connectivity index (χ0v) is 21.8. The number of amides is 1. The van der Waals surface area contributed by atoms with Crippen LogP contribution in [0.5, 0.6) is 0 Å². The van der Waals surface area contributed by atoms with Gasteiger partial charge < -0.3 is 9.64 Å². The molecule has 4 rings (SSSR count). The summed E-state index contributed by atoms with van der Waals surface area (Å²) in [6, 6.07) is 10.1. The second-order valence-corrected chi connectivity index (χ2v) is 10.3. The normalized spacial score (nSPS) is 17.4. The Kier molecular flexibility index (Phi) is 7.75. The quantitative estimate of drug-likeness (QED) is 0.431. The summed E-state index contributed by atoms with van der Waals surface area (Å²) in [5, 5.41) is 9.78. The number of nitrogens with zero attached hydrogens (tertiary/aromatic N) is 4. The third-order valence-electron chi connectivity index (χ3n) is 6.21. The molecule has 9 heteroatoms. The second kappa shape index (κ2) is 10.8. The molecule has 0 radical (unpaired) electrons. The maximum atomic E-state index is 13.4. The predicted octanol–water partition coefficient (Wildman–Crippen LogP) is 3.98. The molecular weight excluding hydrogens is 480 g/mol. The Bertz CT molecular complexity index is 1290. The Hall–Kier alpha value is -2.93. The summed E-state index contributed by atoms with van der Waals surface area (Å²) >= 11 is 6.81. The van der Waals surface area contributed by atoms with Gasteiger partial charge in [-0.2, -0.15) is 5.26 Å². The molecule has 2 fully saturated rings. The SMILES string of the molecule is CCCn1c(N2CCOCC2)c(/C=C2/SC(=S)N(Cc3ccc(C)cc3)C2=O)c(C)c(C#N)c1=O. The highest BCUT2D eigenvalue weighted by atomic mass is 32.2. The molecule has 0 N–H and O–H groups in total. The Labute approximate surface area is 215 Å². The number of aryl methyl sites for hydroxylation is 1. The molecule has 182 valence electrons. The van der Waals surface area contributed by atoms with E-state index in [-0.39, 0.29) is 17.0 Å². The Balaban J connectivity index is 1.80. The number of carbonyl (C=O) groups is 1. The number of nitriles is 1. The van der Waals surface area contributed by atoms with Crippen LogP contribution >= 0.6 is 24.0 Å². The van der Waals surface area contributed by atoms with Crippen molar-refractivity contribution >= 4 is 46.1 Å². The fraction of sp³-hybridized carbons (Fsp3) is 0.385. The zero-order chi connectivity index (χ0) is 25.1. The Morgan fingerprint density at radius 2 is 1.86 bits per heavy atom. The number of aromatic nitrogens is 1. The molecule has 2 aliphatic heterocycles. The number of morpholine rings is 1. The van der Waals surface area contributed by atoms with Gasteiger partial charge in [-0.1, -0.05) is 60.7 Å². The highest BCUT2D eigenvalue weighted by Gasteiger charge is 2.33. The first-order valence-electron chi connectivity index (χ1n) is 11.7. The van der Waals surface area contributed by atoms with Crippen LogP contribution in [0.4, 0.5) is 5.82 Å². The van der Waals surface area contributed by atoms with Gasteiger partial charge >= 0.3 is 0 Å². The number of carbonyl (C=O) groups excluding carboxylic acids is 1. The Morgan fingerprint density at radius 1 is 1.17 bits per heavy atom. The van der Waals surface area contributed by atoms with Gasteiger partial charge in [-0.25, -0.2) is 0 Å². The van der Waals surface area contributed by atoms with Gasteiger partial charge in [0.2, 0.25) is 0 Å². The molecule has 35 heavy (non-hydrogen) atoms. The van der Waals surface area contributed by atoms with Crippen molar-refractivity contribution in [1.29, 1.82) is 5.26 Å². The molecule has 7 nitrogen and oxygen atoms in total. The fourth-order valence-corrected chi connectivity index (χ4v) is 5.57. The molecule has 2 saturated heterocycles. The van der Waals surface area contributed by atoms with E-state index in [9.17, 15) is 14.9 Å². The van der Waals surface area contributed by atoms with E-state index in [4.69, 9.17) is 17.0 Å². The van der Waals surface area contributed by atoms with E-state index in [0.717, 1.165) is 23.4 Å². The second-order valence-electron chi connectivity index (χ2n) is 8.66. The maximum Gasteiger partial charge on any atom is 0.270 e. The highest BCUT2D eigenvalue weighted by molar-refractivity contribution is 8.26. The van der Waals surface area contributed by atoms with Crippen LogP contribution in [0, 0.1) is 25.2 Å². The van der Waals surface area contributed by atoms with Crippen LogP contribution in [0.3, 0.4) is 0 Å². The summed E-state index contributed by atoms with van der Waals surface area (Å²) in [5.41, 5.74) is 3.26. The van der Waals surface area contributed by atoms with Crippen LogP contribution in [0.2, 0.25) is 0 Å². The number of pyridine rings is 1. The number of benzene rings is 1. The van der Waals surface area contributed by atoms with Gasteiger partial charge in [-0.3, -0.25) is 19.1 Å². The van der Waals surface area contributed by atoms with Gasteiger partial charge in [0.05, 0.1) is 24.7 Å². The highest BCUT2D eigenvalue weighted by Crippen LogP contribution is 2.36. The van der Waals surface area contributed by atoms with E-state index in [1.165, 1.54) is 11.8 Å². The monoisotopic (exact) mass is 508 g/mol. The largest absolute Gasteiger partial charge is 0.378 e. The summed E-state index contributed by atoms with van der Waals surface area (Å²) < 4.78 is 7.70. The lowest BCUT2D eigenvalue weighted by Crippen LogP contribution is -2.41. The third kappa shape index (κ3) is 5.06. The van der Waals surface area contributed by atoms with E-state index in [1.54, 1.807) is 22.5 Å². The van der Waals surface area contributed by atoms with Crippen molar-refractivity contribution in [2.24, 2.45) is 0 Å². The molecule has 0 atom stereocenters. The molecule has 1 aromatic heterocycles. The first kappa shape index (κ1) is 25.2. The minimum Gasteiger partial charge on any atom is -0.378 e. The van der Waals surface area contributed by atoms with E-state index < -0.39 is 0 Å². The van der Waals surface area contributed by atoms with E-state index in [0.29, 0.717) is 59.7 Å². The van der Waals surface area contributed by atoms with Crippen molar-refractivity contribution in [1.82, 2.24) is 9.47 Å². The predicted molar refractivity (Wildman–Crippen MR) is 143 cm³/mol.